The van der Waals surface area contributed by atoms with Crippen LogP contribution < -0.4 is 10.1 Å². The second-order valence-electron chi connectivity index (χ2n) is 7.35. The average molecular weight is 506 g/mol. The van der Waals surface area contributed by atoms with E-state index in [4.69, 9.17) is 39.5 Å². The SMILES string of the molecule is C[C@H](C(=O)NCc1ccccc1Cl)N(Cc1ccc(Cl)cc1)C(=O)COc1ccccc1Cl. The second-order valence-corrected chi connectivity index (χ2v) is 8.60. The average Bonchev–Trinajstić information content (AvgIpc) is 2.82. The van der Waals surface area contributed by atoms with Gasteiger partial charge in [0.2, 0.25) is 5.91 Å². The molecule has 0 saturated carbocycles. The zero-order chi connectivity index (χ0) is 23.8. The molecule has 2 amide bonds. The number of hydrogen-bond donors (Lipinski definition) is 1. The van der Waals surface area contributed by atoms with Crippen LogP contribution in [0, 0.1) is 0 Å². The summed E-state index contributed by atoms with van der Waals surface area (Å²) in [6, 6.07) is 20.5. The van der Waals surface area contributed by atoms with E-state index in [1.54, 1.807) is 49.4 Å². The third-order valence-electron chi connectivity index (χ3n) is 5.03. The van der Waals surface area contributed by atoms with Crippen molar-refractivity contribution in [2.24, 2.45) is 0 Å². The van der Waals surface area contributed by atoms with E-state index in [1.165, 1.54) is 4.90 Å². The van der Waals surface area contributed by atoms with Gasteiger partial charge in [0.15, 0.2) is 6.61 Å². The Morgan fingerprint density at radius 2 is 1.55 bits per heavy atom. The third kappa shape index (κ3) is 7.13. The zero-order valence-electron chi connectivity index (χ0n) is 17.9. The molecule has 0 aliphatic heterocycles. The summed E-state index contributed by atoms with van der Waals surface area (Å²) in [6.45, 7) is 1.87. The summed E-state index contributed by atoms with van der Waals surface area (Å²) in [4.78, 5) is 27.5. The Kier molecular flexibility index (Phi) is 9.01. The Bertz CT molecular complexity index is 1110. The smallest absolute Gasteiger partial charge is 0.261 e. The Hall–Kier alpha value is -2.73. The lowest BCUT2D eigenvalue weighted by molar-refractivity contribution is -0.142. The molecule has 0 unspecified atom stereocenters. The van der Waals surface area contributed by atoms with E-state index < -0.39 is 6.04 Å². The van der Waals surface area contributed by atoms with Crippen molar-refractivity contribution in [3.05, 3.63) is 99.0 Å². The van der Waals surface area contributed by atoms with Gasteiger partial charge in [-0.25, -0.2) is 0 Å². The van der Waals surface area contributed by atoms with Crippen LogP contribution in [0.2, 0.25) is 15.1 Å². The van der Waals surface area contributed by atoms with Crippen LogP contribution in [0.25, 0.3) is 0 Å². The molecule has 3 aromatic carbocycles. The minimum Gasteiger partial charge on any atom is -0.482 e. The van der Waals surface area contributed by atoms with Gasteiger partial charge in [-0.15, -0.1) is 0 Å². The number of nitrogens with one attached hydrogen (secondary N) is 1. The topological polar surface area (TPSA) is 58.6 Å². The van der Waals surface area contributed by atoms with Crippen LogP contribution in [-0.4, -0.2) is 29.4 Å². The van der Waals surface area contributed by atoms with Gasteiger partial charge in [-0.2, -0.15) is 0 Å². The highest BCUT2D eigenvalue weighted by Crippen LogP contribution is 2.23. The van der Waals surface area contributed by atoms with Crippen molar-refractivity contribution in [1.82, 2.24) is 10.2 Å². The van der Waals surface area contributed by atoms with Gasteiger partial charge in [0.25, 0.3) is 5.91 Å². The Morgan fingerprint density at radius 1 is 0.909 bits per heavy atom. The molecule has 3 aromatic rings. The van der Waals surface area contributed by atoms with E-state index in [9.17, 15) is 9.59 Å². The molecule has 0 spiro atoms. The van der Waals surface area contributed by atoms with Crippen molar-refractivity contribution in [3.63, 3.8) is 0 Å². The normalized spacial score (nSPS) is 11.5. The van der Waals surface area contributed by atoms with E-state index in [2.05, 4.69) is 5.32 Å². The lowest BCUT2D eigenvalue weighted by Gasteiger charge is -2.29. The fourth-order valence-corrected chi connectivity index (χ4v) is 3.64. The molecule has 3 rings (SSSR count). The number of hydrogen-bond acceptors (Lipinski definition) is 3. The predicted molar refractivity (Wildman–Crippen MR) is 132 cm³/mol. The minimum absolute atomic E-state index is 0.211. The van der Waals surface area contributed by atoms with E-state index >= 15 is 0 Å². The van der Waals surface area contributed by atoms with Gasteiger partial charge in [0.1, 0.15) is 11.8 Å². The largest absolute Gasteiger partial charge is 0.482 e. The van der Waals surface area contributed by atoms with Crippen LogP contribution in [0.3, 0.4) is 0 Å². The molecule has 0 aliphatic rings. The monoisotopic (exact) mass is 504 g/mol. The lowest BCUT2D eigenvalue weighted by Crippen LogP contribution is -2.48. The number of ether oxygens (including phenoxy) is 1. The molecule has 0 aromatic heterocycles. The van der Waals surface area contributed by atoms with Crippen LogP contribution in [0.15, 0.2) is 72.8 Å². The summed E-state index contributed by atoms with van der Waals surface area (Å²) < 4.78 is 5.62. The van der Waals surface area contributed by atoms with Crippen molar-refractivity contribution in [3.8, 4) is 5.75 Å². The number of carbonyl (C=O) groups is 2. The number of para-hydroxylation sites is 1. The van der Waals surface area contributed by atoms with Crippen LogP contribution >= 0.6 is 34.8 Å². The van der Waals surface area contributed by atoms with Gasteiger partial charge in [0, 0.05) is 23.1 Å². The van der Waals surface area contributed by atoms with Crippen LogP contribution in [-0.2, 0) is 22.7 Å². The number of halogens is 3. The summed E-state index contributed by atoms with van der Waals surface area (Å²) in [5.41, 5.74) is 1.62. The summed E-state index contributed by atoms with van der Waals surface area (Å²) >= 11 is 18.3. The number of amides is 2. The van der Waals surface area contributed by atoms with Crippen molar-refractivity contribution in [2.45, 2.75) is 26.1 Å². The zero-order valence-corrected chi connectivity index (χ0v) is 20.2. The van der Waals surface area contributed by atoms with Gasteiger partial charge in [-0.1, -0.05) is 77.3 Å². The standard InChI is InChI=1S/C25H23Cl3N2O3/c1-17(25(32)29-14-19-6-2-3-7-21(19)27)30(15-18-10-12-20(26)13-11-18)24(31)16-33-23-9-5-4-8-22(23)28/h2-13,17H,14-16H2,1H3,(H,29,32)/t17-/m1/s1. The predicted octanol–water partition coefficient (Wildman–Crippen LogP) is 5.76. The van der Waals surface area contributed by atoms with Crippen LogP contribution in [0.1, 0.15) is 18.1 Å². The van der Waals surface area contributed by atoms with Crippen LogP contribution in [0.5, 0.6) is 5.75 Å². The van der Waals surface area contributed by atoms with E-state index in [1.807, 2.05) is 30.3 Å². The van der Waals surface area contributed by atoms with E-state index in [0.717, 1.165) is 11.1 Å². The van der Waals surface area contributed by atoms with Gasteiger partial charge in [-0.05, 0) is 48.4 Å². The highest BCUT2D eigenvalue weighted by atomic mass is 35.5. The van der Waals surface area contributed by atoms with Gasteiger partial charge in [0.05, 0.1) is 5.02 Å². The first kappa shape index (κ1) is 24.9. The summed E-state index contributed by atoms with van der Waals surface area (Å²) in [6.07, 6.45) is 0. The summed E-state index contributed by atoms with van der Waals surface area (Å²) in [5, 5.41) is 4.41. The molecule has 0 radical (unpaired) electrons. The Balaban J connectivity index is 1.72. The molecule has 1 N–H and O–H groups in total. The molecule has 0 aliphatic carbocycles. The second kappa shape index (κ2) is 11.9. The summed E-state index contributed by atoms with van der Waals surface area (Å²) in [5.74, 6) is -0.268. The molecule has 33 heavy (non-hydrogen) atoms. The molecule has 5 nitrogen and oxygen atoms in total. The third-order valence-corrected chi connectivity index (χ3v) is 5.97. The molecule has 8 heteroatoms. The van der Waals surface area contributed by atoms with Gasteiger partial charge in [-0.3, -0.25) is 9.59 Å². The number of benzene rings is 3. The highest BCUT2D eigenvalue weighted by Gasteiger charge is 2.26. The van der Waals surface area contributed by atoms with Crippen molar-refractivity contribution < 1.29 is 14.3 Å². The fraction of sp³-hybridized carbons (Fsp3) is 0.200. The highest BCUT2D eigenvalue weighted by molar-refractivity contribution is 6.32. The maximum atomic E-state index is 13.1. The maximum Gasteiger partial charge on any atom is 0.261 e. The Labute approximate surface area is 208 Å². The lowest BCUT2D eigenvalue weighted by atomic mass is 10.1. The molecule has 172 valence electrons. The number of nitrogens with zero attached hydrogens (tertiary/aromatic N) is 1. The molecule has 0 fully saturated rings. The molecule has 1 atom stereocenters. The van der Waals surface area contributed by atoms with Gasteiger partial charge >= 0.3 is 0 Å². The first-order valence-electron chi connectivity index (χ1n) is 10.3. The molecular weight excluding hydrogens is 483 g/mol. The number of rotatable bonds is 9. The van der Waals surface area contributed by atoms with Crippen LogP contribution in [0.4, 0.5) is 0 Å². The van der Waals surface area contributed by atoms with Crippen molar-refractivity contribution in [2.75, 3.05) is 6.61 Å². The van der Waals surface area contributed by atoms with Crippen molar-refractivity contribution >= 4 is 46.6 Å². The minimum atomic E-state index is -0.759. The molecule has 0 bridgehead atoms. The fourth-order valence-electron chi connectivity index (χ4n) is 3.13. The van der Waals surface area contributed by atoms with Crippen molar-refractivity contribution in [1.29, 1.82) is 0 Å². The van der Waals surface area contributed by atoms with E-state index in [0.29, 0.717) is 20.8 Å². The maximum absolute atomic E-state index is 13.1. The van der Waals surface area contributed by atoms with Gasteiger partial charge < -0.3 is 15.0 Å². The quantitative estimate of drug-likeness (QED) is 0.402. The Morgan fingerprint density at radius 3 is 2.21 bits per heavy atom. The molecule has 0 saturated heterocycles. The molecular formula is C25H23Cl3N2O3. The summed E-state index contributed by atoms with van der Waals surface area (Å²) in [7, 11) is 0. The first-order chi connectivity index (χ1) is 15.8. The first-order valence-corrected chi connectivity index (χ1v) is 11.4. The van der Waals surface area contributed by atoms with E-state index in [-0.39, 0.29) is 31.5 Å². The molecule has 0 heterocycles. The number of carbonyl (C=O) groups excluding carboxylic acids is 2.